The summed E-state index contributed by atoms with van der Waals surface area (Å²) < 4.78 is 15.8. The Balaban J connectivity index is 1.38. The third kappa shape index (κ3) is 3.40. The lowest BCUT2D eigenvalue weighted by Gasteiger charge is -2.07. The first-order valence-corrected chi connectivity index (χ1v) is 7.71. The quantitative estimate of drug-likeness (QED) is 0.743. The smallest absolute Gasteiger partial charge is 0.256 e. The van der Waals surface area contributed by atoms with Gasteiger partial charge in [0.15, 0.2) is 11.5 Å². The van der Waals surface area contributed by atoms with Crippen LogP contribution in [0.1, 0.15) is 16.1 Å². The van der Waals surface area contributed by atoms with Crippen LogP contribution >= 0.6 is 0 Å². The molecule has 7 nitrogen and oxygen atoms in total. The van der Waals surface area contributed by atoms with Gasteiger partial charge in [-0.1, -0.05) is 0 Å². The molecule has 0 unspecified atom stereocenters. The van der Waals surface area contributed by atoms with Gasteiger partial charge in [-0.15, -0.1) is 0 Å². The van der Waals surface area contributed by atoms with E-state index in [9.17, 15) is 4.79 Å². The second-order valence-corrected chi connectivity index (χ2v) is 5.39. The summed E-state index contributed by atoms with van der Waals surface area (Å²) in [4.78, 5) is 16.5. The number of benzene rings is 1. The zero-order chi connectivity index (χ0) is 17.1. The molecule has 1 aliphatic heterocycles. The lowest BCUT2D eigenvalue weighted by molar-refractivity contribution is 0.102. The topological polar surface area (TPSA) is 85.6 Å². The van der Waals surface area contributed by atoms with Crippen molar-refractivity contribution in [2.45, 2.75) is 6.54 Å². The Morgan fingerprint density at radius 2 is 2.04 bits per heavy atom. The van der Waals surface area contributed by atoms with Gasteiger partial charge in [-0.25, -0.2) is 4.98 Å². The van der Waals surface area contributed by atoms with E-state index in [-0.39, 0.29) is 12.7 Å². The molecule has 0 atom stereocenters. The van der Waals surface area contributed by atoms with Crippen LogP contribution < -0.4 is 20.1 Å². The highest BCUT2D eigenvalue weighted by molar-refractivity contribution is 6.04. The van der Waals surface area contributed by atoms with Gasteiger partial charge in [0, 0.05) is 5.56 Å². The number of hydrogen-bond acceptors (Lipinski definition) is 6. The maximum atomic E-state index is 12.3. The van der Waals surface area contributed by atoms with Crippen molar-refractivity contribution in [2.24, 2.45) is 0 Å². The molecule has 0 saturated carbocycles. The van der Waals surface area contributed by atoms with Crippen LogP contribution in [-0.4, -0.2) is 17.7 Å². The predicted octanol–water partition coefficient (Wildman–Crippen LogP) is 3.27. The van der Waals surface area contributed by atoms with E-state index >= 15 is 0 Å². The molecule has 1 aromatic carbocycles. The summed E-state index contributed by atoms with van der Waals surface area (Å²) in [5, 5.41) is 5.94. The van der Waals surface area contributed by atoms with Crippen LogP contribution in [0.3, 0.4) is 0 Å². The molecule has 0 saturated heterocycles. The summed E-state index contributed by atoms with van der Waals surface area (Å²) >= 11 is 0. The second kappa shape index (κ2) is 6.56. The lowest BCUT2D eigenvalue weighted by Crippen LogP contribution is -2.13. The third-order valence-electron chi connectivity index (χ3n) is 3.69. The number of rotatable bonds is 5. The number of carbonyl (C=O) groups is 1. The average molecular weight is 337 g/mol. The maximum Gasteiger partial charge on any atom is 0.256 e. The number of aromatic nitrogens is 1. The van der Waals surface area contributed by atoms with E-state index < -0.39 is 0 Å². The van der Waals surface area contributed by atoms with Crippen molar-refractivity contribution in [1.29, 1.82) is 0 Å². The predicted molar refractivity (Wildman–Crippen MR) is 90.8 cm³/mol. The van der Waals surface area contributed by atoms with E-state index in [0.29, 0.717) is 29.4 Å². The number of fused-ring (bicyclic) bond motifs is 1. The first kappa shape index (κ1) is 15.1. The number of nitrogens with one attached hydrogen (secondary N) is 2. The first-order valence-electron chi connectivity index (χ1n) is 7.71. The summed E-state index contributed by atoms with van der Waals surface area (Å²) in [6.45, 7) is 0.742. The molecular formula is C18H15N3O4. The molecule has 126 valence electrons. The van der Waals surface area contributed by atoms with Crippen LogP contribution in [0.4, 0.5) is 11.5 Å². The van der Waals surface area contributed by atoms with Gasteiger partial charge in [0.2, 0.25) is 6.79 Å². The molecule has 0 bridgehead atoms. The molecule has 0 radical (unpaired) electrons. The Hall–Kier alpha value is -3.48. The molecule has 4 rings (SSSR count). The fourth-order valence-corrected chi connectivity index (χ4v) is 2.40. The zero-order valence-electron chi connectivity index (χ0n) is 13.2. The normalized spacial score (nSPS) is 12.0. The molecule has 2 N–H and O–H groups in total. The highest BCUT2D eigenvalue weighted by atomic mass is 16.7. The summed E-state index contributed by atoms with van der Waals surface area (Å²) in [6, 6.07) is 12.3. The number of carbonyl (C=O) groups excluding carboxylic acids is 1. The monoisotopic (exact) mass is 337 g/mol. The number of anilines is 2. The van der Waals surface area contributed by atoms with Crippen LogP contribution in [-0.2, 0) is 6.54 Å². The van der Waals surface area contributed by atoms with Crippen molar-refractivity contribution in [3.8, 4) is 11.5 Å². The van der Waals surface area contributed by atoms with E-state index in [0.717, 1.165) is 11.4 Å². The van der Waals surface area contributed by atoms with Crippen molar-refractivity contribution >= 4 is 17.4 Å². The van der Waals surface area contributed by atoms with Crippen LogP contribution in [0.5, 0.6) is 11.5 Å². The Labute approximate surface area is 143 Å². The first-order chi connectivity index (χ1) is 12.3. The van der Waals surface area contributed by atoms with Gasteiger partial charge in [-0.2, -0.15) is 0 Å². The minimum absolute atomic E-state index is 0.175. The summed E-state index contributed by atoms with van der Waals surface area (Å²) in [6.07, 6.45) is 3.28. The van der Waals surface area contributed by atoms with Crippen LogP contribution in [0, 0.1) is 0 Å². The Bertz CT molecular complexity index is 876. The molecule has 0 aliphatic carbocycles. The molecule has 3 aromatic rings. The van der Waals surface area contributed by atoms with E-state index in [2.05, 4.69) is 15.6 Å². The SMILES string of the molecule is O=C(Nc1ccc(NCc2ccco2)cn1)c1ccc2c(c1)OCO2. The summed E-state index contributed by atoms with van der Waals surface area (Å²) in [7, 11) is 0. The molecule has 3 heterocycles. The number of amides is 1. The third-order valence-corrected chi connectivity index (χ3v) is 3.69. The summed E-state index contributed by atoms with van der Waals surface area (Å²) in [5.41, 5.74) is 1.31. The van der Waals surface area contributed by atoms with Gasteiger partial charge in [0.05, 0.1) is 24.7 Å². The largest absolute Gasteiger partial charge is 0.467 e. The number of pyridine rings is 1. The highest BCUT2D eigenvalue weighted by Crippen LogP contribution is 2.32. The molecule has 2 aromatic heterocycles. The Morgan fingerprint density at radius 3 is 2.84 bits per heavy atom. The standard InChI is InChI=1S/C18H15N3O4/c22-18(12-3-5-15-16(8-12)25-11-24-15)21-17-6-4-13(9-20-17)19-10-14-2-1-7-23-14/h1-9,19H,10-11H2,(H,20,21,22). The number of ether oxygens (including phenoxy) is 2. The van der Waals surface area contributed by atoms with Crippen LogP contribution in [0.15, 0.2) is 59.3 Å². The van der Waals surface area contributed by atoms with E-state index in [4.69, 9.17) is 13.9 Å². The van der Waals surface area contributed by atoms with Crippen molar-refractivity contribution in [1.82, 2.24) is 4.98 Å². The molecule has 1 aliphatic rings. The molecule has 1 amide bonds. The van der Waals surface area contributed by atoms with Gasteiger partial charge < -0.3 is 24.5 Å². The number of hydrogen-bond donors (Lipinski definition) is 2. The van der Waals surface area contributed by atoms with Gasteiger partial charge >= 0.3 is 0 Å². The van der Waals surface area contributed by atoms with Gasteiger partial charge in [-0.05, 0) is 42.5 Å². The highest BCUT2D eigenvalue weighted by Gasteiger charge is 2.16. The minimum Gasteiger partial charge on any atom is -0.467 e. The van der Waals surface area contributed by atoms with Crippen LogP contribution in [0.25, 0.3) is 0 Å². The molecule has 7 heteroatoms. The van der Waals surface area contributed by atoms with Crippen molar-refractivity contribution in [3.63, 3.8) is 0 Å². The van der Waals surface area contributed by atoms with Gasteiger partial charge in [-0.3, -0.25) is 4.79 Å². The molecule has 0 fully saturated rings. The zero-order valence-corrected chi connectivity index (χ0v) is 13.2. The minimum atomic E-state index is -0.262. The van der Waals surface area contributed by atoms with Crippen LogP contribution in [0.2, 0.25) is 0 Å². The number of furan rings is 1. The van der Waals surface area contributed by atoms with Crippen molar-refractivity contribution in [2.75, 3.05) is 17.4 Å². The van der Waals surface area contributed by atoms with Gasteiger partial charge in [0.1, 0.15) is 11.6 Å². The van der Waals surface area contributed by atoms with Crippen molar-refractivity contribution < 1.29 is 18.7 Å². The Kier molecular flexibility index (Phi) is 3.96. The van der Waals surface area contributed by atoms with E-state index in [1.54, 1.807) is 36.7 Å². The van der Waals surface area contributed by atoms with Gasteiger partial charge in [0.25, 0.3) is 5.91 Å². The average Bonchev–Trinajstić information content (AvgIpc) is 3.32. The fourth-order valence-electron chi connectivity index (χ4n) is 2.40. The fraction of sp³-hybridized carbons (Fsp3) is 0.111. The molecular weight excluding hydrogens is 322 g/mol. The van der Waals surface area contributed by atoms with Crippen molar-refractivity contribution in [3.05, 3.63) is 66.2 Å². The lowest BCUT2D eigenvalue weighted by atomic mass is 10.2. The van der Waals surface area contributed by atoms with E-state index in [1.165, 1.54) is 0 Å². The van der Waals surface area contributed by atoms with E-state index in [1.807, 2.05) is 18.2 Å². The maximum absolute atomic E-state index is 12.3. The second-order valence-electron chi connectivity index (χ2n) is 5.39. The summed E-state index contributed by atoms with van der Waals surface area (Å²) in [5.74, 6) is 2.24. The Morgan fingerprint density at radius 1 is 1.12 bits per heavy atom. The molecule has 25 heavy (non-hydrogen) atoms. The molecule has 0 spiro atoms. The number of nitrogens with zero attached hydrogens (tertiary/aromatic N) is 1.